The molecular weight excluding hydrogens is 336 g/mol. The number of rotatable bonds is 3. The lowest BCUT2D eigenvalue weighted by Gasteiger charge is -2.14. The number of hydrogen-bond acceptors (Lipinski definition) is 1. The molecule has 19 heavy (non-hydrogen) atoms. The summed E-state index contributed by atoms with van der Waals surface area (Å²) in [5.74, 6) is -1.17. The molecule has 0 saturated carbocycles. The molecule has 1 nitrogen and oxygen atoms in total. The maximum atomic E-state index is 13.5. The van der Waals surface area contributed by atoms with Gasteiger partial charge in [-0.1, -0.05) is 23.7 Å². The van der Waals surface area contributed by atoms with Crippen LogP contribution in [0, 0.1) is 11.6 Å². The van der Waals surface area contributed by atoms with Crippen molar-refractivity contribution in [2.75, 3.05) is 0 Å². The Balaban J connectivity index is 2.25. The van der Waals surface area contributed by atoms with Crippen LogP contribution in [-0.4, -0.2) is 0 Å². The predicted molar refractivity (Wildman–Crippen MR) is 76.1 cm³/mol. The lowest BCUT2D eigenvalue weighted by atomic mass is 9.99. The van der Waals surface area contributed by atoms with Crippen molar-refractivity contribution in [3.8, 4) is 0 Å². The molecule has 1 atom stereocenters. The Hall–Kier alpha value is -0.970. The molecule has 5 heteroatoms. The van der Waals surface area contributed by atoms with Gasteiger partial charge in [0.15, 0.2) is 0 Å². The summed E-state index contributed by atoms with van der Waals surface area (Å²) in [5, 5.41) is 0.516. The van der Waals surface area contributed by atoms with Crippen LogP contribution in [-0.2, 0) is 6.42 Å². The molecule has 100 valence electrons. The van der Waals surface area contributed by atoms with Gasteiger partial charge in [0.1, 0.15) is 11.6 Å². The van der Waals surface area contributed by atoms with Gasteiger partial charge in [-0.2, -0.15) is 0 Å². The van der Waals surface area contributed by atoms with E-state index in [4.69, 9.17) is 17.3 Å². The average molecular weight is 347 g/mol. The van der Waals surface area contributed by atoms with Gasteiger partial charge in [0.25, 0.3) is 0 Å². The van der Waals surface area contributed by atoms with Gasteiger partial charge in [-0.3, -0.25) is 0 Å². The molecule has 0 fully saturated rings. The summed E-state index contributed by atoms with van der Waals surface area (Å²) in [6.45, 7) is 0. The molecular formula is C14H11BrClF2N. The van der Waals surface area contributed by atoms with Crippen molar-refractivity contribution in [1.82, 2.24) is 0 Å². The van der Waals surface area contributed by atoms with Crippen LogP contribution in [0.1, 0.15) is 17.2 Å². The molecule has 0 saturated heterocycles. The van der Waals surface area contributed by atoms with E-state index < -0.39 is 17.7 Å². The fraction of sp³-hybridized carbons (Fsp3) is 0.143. The fourth-order valence-electron chi connectivity index (χ4n) is 1.81. The SMILES string of the molecule is NC(Cc1c(F)cccc1F)c1ccc(Br)c(Cl)c1. The van der Waals surface area contributed by atoms with Crippen LogP contribution in [0.3, 0.4) is 0 Å². The molecule has 0 aliphatic rings. The topological polar surface area (TPSA) is 26.0 Å². The summed E-state index contributed by atoms with van der Waals surface area (Å²) >= 11 is 9.25. The highest BCUT2D eigenvalue weighted by molar-refractivity contribution is 9.10. The van der Waals surface area contributed by atoms with Crippen LogP contribution in [0.15, 0.2) is 40.9 Å². The lowest BCUT2D eigenvalue weighted by Crippen LogP contribution is -2.15. The molecule has 0 bridgehead atoms. The normalized spacial score (nSPS) is 12.5. The Morgan fingerprint density at radius 1 is 1.16 bits per heavy atom. The Kier molecular flexibility index (Phi) is 4.55. The first-order valence-corrected chi connectivity index (χ1v) is 6.79. The minimum absolute atomic E-state index is 0.00552. The monoisotopic (exact) mass is 345 g/mol. The zero-order valence-corrected chi connectivity index (χ0v) is 12.2. The van der Waals surface area contributed by atoms with E-state index in [9.17, 15) is 8.78 Å². The second-order valence-corrected chi connectivity index (χ2v) is 5.45. The Morgan fingerprint density at radius 3 is 2.37 bits per heavy atom. The summed E-state index contributed by atoms with van der Waals surface area (Å²) in [7, 11) is 0. The Morgan fingerprint density at radius 2 is 1.79 bits per heavy atom. The van der Waals surface area contributed by atoms with E-state index >= 15 is 0 Å². The van der Waals surface area contributed by atoms with Gasteiger partial charge in [0, 0.05) is 16.1 Å². The van der Waals surface area contributed by atoms with Crippen molar-refractivity contribution in [1.29, 1.82) is 0 Å². The summed E-state index contributed by atoms with van der Waals surface area (Å²) in [6, 6.07) is 8.48. The predicted octanol–water partition coefficient (Wildman–Crippen LogP) is 4.62. The van der Waals surface area contributed by atoms with E-state index in [1.54, 1.807) is 18.2 Å². The zero-order valence-electron chi connectivity index (χ0n) is 9.84. The maximum absolute atomic E-state index is 13.5. The quantitative estimate of drug-likeness (QED) is 0.862. The van der Waals surface area contributed by atoms with E-state index in [0.717, 1.165) is 10.0 Å². The first-order chi connectivity index (χ1) is 8.99. The van der Waals surface area contributed by atoms with Crippen LogP contribution in [0.2, 0.25) is 5.02 Å². The molecule has 1 unspecified atom stereocenters. The van der Waals surface area contributed by atoms with Gasteiger partial charge in [0.05, 0.1) is 5.02 Å². The summed E-state index contributed by atoms with van der Waals surface area (Å²) in [6.07, 6.45) is 0.0798. The minimum atomic E-state index is -0.585. The molecule has 0 radical (unpaired) electrons. The van der Waals surface area contributed by atoms with Crippen molar-refractivity contribution >= 4 is 27.5 Å². The molecule has 0 aromatic heterocycles. The van der Waals surface area contributed by atoms with Crippen molar-refractivity contribution in [3.63, 3.8) is 0 Å². The molecule has 0 spiro atoms. The van der Waals surface area contributed by atoms with E-state index in [1.165, 1.54) is 18.2 Å². The Bertz CT molecular complexity index is 584. The zero-order chi connectivity index (χ0) is 14.0. The summed E-state index contributed by atoms with van der Waals surface area (Å²) < 4.78 is 27.8. The molecule has 0 heterocycles. The molecule has 2 N–H and O–H groups in total. The third-order valence-electron chi connectivity index (χ3n) is 2.86. The van der Waals surface area contributed by atoms with Crippen LogP contribution >= 0.6 is 27.5 Å². The molecule has 0 aliphatic carbocycles. The third kappa shape index (κ3) is 3.32. The Labute approximate surface area is 123 Å². The van der Waals surface area contributed by atoms with Crippen LogP contribution < -0.4 is 5.73 Å². The van der Waals surface area contributed by atoms with Gasteiger partial charge in [-0.15, -0.1) is 0 Å². The highest BCUT2D eigenvalue weighted by atomic mass is 79.9. The minimum Gasteiger partial charge on any atom is -0.324 e. The van der Waals surface area contributed by atoms with Gasteiger partial charge < -0.3 is 5.73 Å². The third-order valence-corrected chi connectivity index (χ3v) is 4.09. The van der Waals surface area contributed by atoms with E-state index in [-0.39, 0.29) is 12.0 Å². The molecule has 0 amide bonds. The fourth-order valence-corrected chi connectivity index (χ4v) is 2.24. The molecule has 2 rings (SSSR count). The van der Waals surface area contributed by atoms with Crippen LogP contribution in [0.4, 0.5) is 8.78 Å². The first kappa shape index (κ1) is 14.4. The number of halogens is 4. The van der Waals surface area contributed by atoms with E-state index in [0.29, 0.717) is 5.02 Å². The average Bonchev–Trinajstić information content (AvgIpc) is 2.37. The van der Waals surface area contributed by atoms with E-state index in [2.05, 4.69) is 15.9 Å². The highest BCUT2D eigenvalue weighted by Crippen LogP contribution is 2.27. The van der Waals surface area contributed by atoms with Gasteiger partial charge in [-0.25, -0.2) is 8.78 Å². The van der Waals surface area contributed by atoms with Gasteiger partial charge >= 0.3 is 0 Å². The van der Waals surface area contributed by atoms with Crippen LogP contribution in [0.5, 0.6) is 0 Å². The first-order valence-electron chi connectivity index (χ1n) is 5.62. The standard InChI is InChI=1S/C14H11BrClF2N/c15-10-5-4-8(6-11(10)16)14(19)7-9-12(17)2-1-3-13(9)18/h1-6,14H,7,19H2. The van der Waals surface area contributed by atoms with Gasteiger partial charge in [-0.05, 0) is 52.2 Å². The smallest absolute Gasteiger partial charge is 0.129 e. The maximum Gasteiger partial charge on any atom is 0.129 e. The highest BCUT2D eigenvalue weighted by Gasteiger charge is 2.15. The van der Waals surface area contributed by atoms with Crippen molar-refractivity contribution in [2.24, 2.45) is 5.73 Å². The van der Waals surface area contributed by atoms with Gasteiger partial charge in [0.2, 0.25) is 0 Å². The second kappa shape index (κ2) is 5.99. The number of benzene rings is 2. The van der Waals surface area contributed by atoms with Crippen molar-refractivity contribution in [3.05, 3.63) is 68.7 Å². The number of nitrogens with two attached hydrogens (primary N) is 1. The summed E-state index contributed by atoms with van der Waals surface area (Å²) in [4.78, 5) is 0. The second-order valence-electron chi connectivity index (χ2n) is 4.18. The van der Waals surface area contributed by atoms with Crippen molar-refractivity contribution in [2.45, 2.75) is 12.5 Å². The molecule has 2 aromatic rings. The lowest BCUT2D eigenvalue weighted by molar-refractivity contribution is 0.540. The molecule has 2 aromatic carbocycles. The van der Waals surface area contributed by atoms with E-state index in [1.807, 2.05) is 0 Å². The van der Waals surface area contributed by atoms with Crippen molar-refractivity contribution < 1.29 is 8.78 Å². The van der Waals surface area contributed by atoms with Crippen LogP contribution in [0.25, 0.3) is 0 Å². The number of hydrogen-bond donors (Lipinski definition) is 1. The molecule has 0 aliphatic heterocycles. The summed E-state index contributed by atoms with van der Waals surface area (Å²) in [5.41, 5.74) is 6.70. The largest absolute Gasteiger partial charge is 0.324 e.